The van der Waals surface area contributed by atoms with E-state index in [1.54, 1.807) is 0 Å². The lowest BCUT2D eigenvalue weighted by Gasteiger charge is -1.82. The molecule has 0 fully saturated rings. The topological polar surface area (TPSA) is 43.1 Å². The van der Waals surface area contributed by atoms with Crippen molar-refractivity contribution in [1.29, 1.82) is 0 Å². The summed E-state index contributed by atoms with van der Waals surface area (Å²) >= 11 is 7.82. The minimum absolute atomic E-state index is 0.116. The fraction of sp³-hybridized carbons (Fsp3) is 0.500. The molecule has 3 nitrogen and oxygen atoms in total. The van der Waals surface area contributed by atoms with Gasteiger partial charge in [-0.3, -0.25) is 10.1 Å². The molecule has 0 amide bonds. The third kappa shape index (κ3) is 5.84. The molecular weight excluding hydrogens is 134 g/mol. The molecule has 0 radical (unpaired) electrons. The van der Waals surface area contributed by atoms with Crippen LogP contribution >= 0.6 is 24.8 Å². The third-order valence-corrected chi connectivity index (χ3v) is 0.535. The highest BCUT2D eigenvalue weighted by Crippen LogP contribution is 1.81. The lowest BCUT2D eigenvalue weighted by Crippen LogP contribution is -2.04. The van der Waals surface area contributed by atoms with Gasteiger partial charge in [-0.1, -0.05) is 12.2 Å². The van der Waals surface area contributed by atoms with Crippen molar-refractivity contribution in [3.05, 3.63) is 10.1 Å². The number of nitro groups is 1. The van der Waals surface area contributed by atoms with E-state index in [1.807, 2.05) is 0 Å². The lowest BCUT2D eigenvalue weighted by atomic mass is 10.8. The van der Waals surface area contributed by atoms with E-state index in [2.05, 4.69) is 24.8 Å². The van der Waals surface area contributed by atoms with Crippen LogP contribution in [-0.2, 0) is 0 Å². The SMILES string of the molecule is O=[N+]([O-])CC(=S)S. The van der Waals surface area contributed by atoms with Crippen molar-refractivity contribution in [2.24, 2.45) is 0 Å². The van der Waals surface area contributed by atoms with Crippen LogP contribution in [0, 0.1) is 10.1 Å². The summed E-state index contributed by atoms with van der Waals surface area (Å²) in [7, 11) is 0. The molecular formula is C2H3NO2S2. The fourth-order valence-corrected chi connectivity index (χ4v) is 0.331. The first-order valence-electron chi connectivity index (χ1n) is 1.46. The minimum atomic E-state index is -0.519. The van der Waals surface area contributed by atoms with E-state index in [0.717, 1.165) is 0 Å². The first-order chi connectivity index (χ1) is 3.13. The number of thiol groups is 1. The van der Waals surface area contributed by atoms with Gasteiger partial charge in [0.05, 0.1) is 0 Å². The zero-order chi connectivity index (χ0) is 5.86. The Morgan fingerprint density at radius 2 is 2.43 bits per heavy atom. The largest absolute Gasteiger partial charge is 0.264 e. The zero-order valence-corrected chi connectivity index (χ0v) is 5.04. The second-order valence-electron chi connectivity index (χ2n) is 0.885. The molecule has 0 saturated heterocycles. The Kier molecular flexibility index (Phi) is 2.86. The van der Waals surface area contributed by atoms with Crippen LogP contribution in [0.1, 0.15) is 0 Å². The molecule has 0 aromatic rings. The Morgan fingerprint density at radius 1 is 2.00 bits per heavy atom. The molecule has 0 aromatic carbocycles. The molecule has 0 atom stereocenters. The number of nitrogens with zero attached hydrogens (tertiary/aromatic N) is 1. The molecule has 0 heterocycles. The summed E-state index contributed by atoms with van der Waals surface area (Å²) in [5, 5.41) is 9.48. The molecule has 0 bridgehead atoms. The molecule has 0 aliphatic rings. The molecule has 0 aliphatic heterocycles. The Morgan fingerprint density at radius 3 is 2.43 bits per heavy atom. The summed E-state index contributed by atoms with van der Waals surface area (Å²) in [6.45, 7) is -0.321. The molecule has 0 unspecified atom stereocenters. The first-order valence-corrected chi connectivity index (χ1v) is 2.32. The summed E-state index contributed by atoms with van der Waals surface area (Å²) in [4.78, 5) is 8.96. The van der Waals surface area contributed by atoms with Gasteiger partial charge in [-0.05, 0) is 0 Å². The van der Waals surface area contributed by atoms with Crippen LogP contribution in [-0.4, -0.2) is 15.7 Å². The van der Waals surface area contributed by atoms with Crippen LogP contribution in [0.25, 0.3) is 0 Å². The van der Waals surface area contributed by atoms with Crippen LogP contribution in [0.4, 0.5) is 0 Å². The van der Waals surface area contributed by atoms with Crippen molar-refractivity contribution < 1.29 is 4.92 Å². The second-order valence-corrected chi connectivity index (χ2v) is 2.22. The summed E-state index contributed by atoms with van der Waals surface area (Å²) in [5.41, 5.74) is 0. The van der Waals surface area contributed by atoms with Crippen molar-refractivity contribution >= 4 is 29.0 Å². The Bertz CT molecular complexity index is 89.9. The zero-order valence-electron chi connectivity index (χ0n) is 3.33. The van der Waals surface area contributed by atoms with Gasteiger partial charge >= 0.3 is 0 Å². The van der Waals surface area contributed by atoms with Crippen LogP contribution in [0.15, 0.2) is 0 Å². The molecule has 5 heteroatoms. The minimum Gasteiger partial charge on any atom is -0.264 e. The molecule has 0 spiro atoms. The van der Waals surface area contributed by atoms with Gasteiger partial charge in [-0.15, -0.1) is 12.6 Å². The van der Waals surface area contributed by atoms with E-state index in [4.69, 9.17) is 0 Å². The van der Waals surface area contributed by atoms with E-state index < -0.39 is 4.92 Å². The highest BCUT2D eigenvalue weighted by Gasteiger charge is 1.95. The number of rotatable bonds is 2. The molecule has 0 rings (SSSR count). The normalized spacial score (nSPS) is 8.14. The maximum Gasteiger partial charge on any atom is 0.244 e. The van der Waals surface area contributed by atoms with Crippen molar-refractivity contribution in [2.75, 3.05) is 6.54 Å². The summed E-state index contributed by atoms with van der Waals surface area (Å²) in [5.74, 6) is 0. The standard InChI is InChI=1S/C2H3NO2S2/c4-3(5)1-2(6)7/h1H2,(H,6,7). The first kappa shape index (κ1) is 6.84. The average Bonchev–Trinajstić information content (AvgIpc) is 1.27. The van der Waals surface area contributed by atoms with Crippen molar-refractivity contribution in [2.45, 2.75) is 0 Å². The molecule has 7 heavy (non-hydrogen) atoms. The van der Waals surface area contributed by atoms with Crippen molar-refractivity contribution in [3.8, 4) is 0 Å². The third-order valence-electron chi connectivity index (χ3n) is 0.264. The highest BCUT2D eigenvalue weighted by molar-refractivity contribution is 8.11. The predicted octanol–water partition coefficient (Wildman–Crippen LogP) is 0.520. The van der Waals surface area contributed by atoms with Crippen LogP contribution in [0.3, 0.4) is 0 Å². The molecule has 0 N–H and O–H groups in total. The van der Waals surface area contributed by atoms with Gasteiger partial charge in [-0.25, -0.2) is 0 Å². The van der Waals surface area contributed by atoms with Gasteiger partial charge in [0.15, 0.2) is 0 Å². The van der Waals surface area contributed by atoms with Gasteiger partial charge in [0.25, 0.3) is 0 Å². The summed E-state index contributed by atoms with van der Waals surface area (Å²) in [6.07, 6.45) is 0. The fourth-order valence-electron chi connectivity index (χ4n) is 0.110. The van der Waals surface area contributed by atoms with Gasteiger partial charge < -0.3 is 0 Å². The number of hydrogen-bond acceptors (Lipinski definition) is 3. The summed E-state index contributed by atoms with van der Waals surface area (Å²) < 4.78 is 0.116. The highest BCUT2D eigenvalue weighted by atomic mass is 32.1. The molecule has 0 saturated carbocycles. The van der Waals surface area contributed by atoms with Crippen LogP contribution in [0.2, 0.25) is 0 Å². The van der Waals surface area contributed by atoms with E-state index in [0.29, 0.717) is 0 Å². The maximum atomic E-state index is 9.48. The Balaban J connectivity index is 3.32. The van der Waals surface area contributed by atoms with Crippen molar-refractivity contribution in [1.82, 2.24) is 0 Å². The van der Waals surface area contributed by atoms with Gasteiger partial charge in [-0.2, -0.15) is 0 Å². The maximum absolute atomic E-state index is 9.48. The monoisotopic (exact) mass is 137 g/mol. The van der Waals surface area contributed by atoms with Gasteiger partial charge in [0.2, 0.25) is 6.54 Å². The second kappa shape index (κ2) is 2.92. The van der Waals surface area contributed by atoms with Crippen LogP contribution in [0.5, 0.6) is 0 Å². The predicted molar refractivity (Wildman–Crippen MR) is 33.4 cm³/mol. The van der Waals surface area contributed by atoms with Gasteiger partial charge in [0.1, 0.15) is 4.20 Å². The van der Waals surface area contributed by atoms with E-state index in [1.165, 1.54) is 0 Å². The van der Waals surface area contributed by atoms with E-state index >= 15 is 0 Å². The smallest absolute Gasteiger partial charge is 0.244 e. The van der Waals surface area contributed by atoms with Crippen LogP contribution < -0.4 is 0 Å². The average molecular weight is 137 g/mol. The lowest BCUT2D eigenvalue weighted by molar-refractivity contribution is -0.462. The molecule has 0 aromatic heterocycles. The summed E-state index contributed by atoms with van der Waals surface area (Å²) in [6, 6.07) is 0. The van der Waals surface area contributed by atoms with E-state index in [-0.39, 0.29) is 10.7 Å². The number of thiocarbonyl (C=S) groups is 1. The Hall–Kier alpha value is -0.160. The molecule has 40 valence electrons. The number of hydrogen-bond donors (Lipinski definition) is 1. The molecule has 0 aliphatic carbocycles. The van der Waals surface area contributed by atoms with Gasteiger partial charge in [0, 0.05) is 4.92 Å². The quantitative estimate of drug-likeness (QED) is 0.261. The van der Waals surface area contributed by atoms with Crippen molar-refractivity contribution in [3.63, 3.8) is 0 Å². The Labute approximate surface area is 51.3 Å². The van der Waals surface area contributed by atoms with E-state index in [9.17, 15) is 10.1 Å².